The maximum Gasteiger partial charge on any atom is 0.341 e. The molecular weight excluding hydrogens is 507 g/mol. The second-order valence-corrected chi connectivity index (χ2v) is 10.0. The van der Waals surface area contributed by atoms with Crippen LogP contribution in [0.1, 0.15) is 48.2 Å². The smallest absolute Gasteiger partial charge is 0.341 e. The zero-order valence-electron chi connectivity index (χ0n) is 22.2. The zero-order valence-corrected chi connectivity index (χ0v) is 22.2. The summed E-state index contributed by atoms with van der Waals surface area (Å²) in [4.78, 5) is 11.4. The molecule has 1 saturated heterocycles. The molecule has 40 heavy (non-hydrogen) atoms. The Labute approximate surface area is 233 Å². The van der Waals surface area contributed by atoms with Gasteiger partial charge in [-0.15, -0.1) is 0 Å². The Morgan fingerprint density at radius 3 is 2.27 bits per heavy atom. The molecule has 5 rings (SSSR count). The number of carboxylic acid groups (broad SMARTS) is 1. The predicted molar refractivity (Wildman–Crippen MR) is 151 cm³/mol. The molecule has 4 atom stereocenters. The Morgan fingerprint density at radius 1 is 0.900 bits per heavy atom. The van der Waals surface area contributed by atoms with E-state index in [1.54, 1.807) is 18.2 Å². The minimum atomic E-state index is -1.08. The molecule has 6 heteroatoms. The third-order valence-corrected chi connectivity index (χ3v) is 7.19. The van der Waals surface area contributed by atoms with E-state index >= 15 is 0 Å². The molecule has 0 spiro atoms. The van der Waals surface area contributed by atoms with Gasteiger partial charge in [-0.2, -0.15) is 0 Å². The normalized spacial score (nSPS) is 20.4. The van der Waals surface area contributed by atoms with Crippen LogP contribution in [0, 0.1) is 11.7 Å². The number of rotatable bonds is 9. The summed E-state index contributed by atoms with van der Waals surface area (Å²) in [6.45, 7) is 5.74. The van der Waals surface area contributed by atoms with Gasteiger partial charge in [0.1, 0.15) is 23.1 Å². The molecular formula is C34H31FO5. The van der Waals surface area contributed by atoms with E-state index in [9.17, 15) is 14.3 Å². The van der Waals surface area contributed by atoms with Gasteiger partial charge in [0.15, 0.2) is 6.61 Å². The Hall–Kier alpha value is -4.42. The van der Waals surface area contributed by atoms with Crippen molar-refractivity contribution in [1.82, 2.24) is 0 Å². The van der Waals surface area contributed by atoms with Gasteiger partial charge < -0.3 is 19.3 Å². The van der Waals surface area contributed by atoms with Crippen LogP contribution in [0.5, 0.6) is 17.2 Å². The average Bonchev–Trinajstić information content (AvgIpc) is 2.96. The van der Waals surface area contributed by atoms with Crippen molar-refractivity contribution >= 4 is 5.97 Å². The lowest BCUT2D eigenvalue weighted by atomic mass is 9.74. The van der Waals surface area contributed by atoms with Crippen molar-refractivity contribution in [3.8, 4) is 17.2 Å². The lowest BCUT2D eigenvalue weighted by Crippen LogP contribution is -2.32. The highest BCUT2D eigenvalue weighted by Crippen LogP contribution is 2.53. The first kappa shape index (κ1) is 27.2. The molecule has 1 fully saturated rings. The fourth-order valence-electron chi connectivity index (χ4n) is 5.33. The number of hydrogen-bond acceptors (Lipinski definition) is 4. The molecule has 0 radical (unpaired) electrons. The van der Waals surface area contributed by atoms with Crippen molar-refractivity contribution in [2.24, 2.45) is 5.92 Å². The van der Waals surface area contributed by atoms with E-state index in [-0.39, 0.29) is 17.7 Å². The molecule has 4 aromatic carbocycles. The second kappa shape index (κ2) is 12.2. The van der Waals surface area contributed by atoms with Crippen molar-refractivity contribution in [3.05, 3.63) is 138 Å². The lowest BCUT2D eigenvalue weighted by Gasteiger charge is -2.43. The van der Waals surface area contributed by atoms with Crippen LogP contribution in [0.2, 0.25) is 0 Å². The highest BCUT2D eigenvalue weighted by molar-refractivity contribution is 5.68. The molecule has 0 amide bonds. The zero-order chi connectivity index (χ0) is 28.1. The van der Waals surface area contributed by atoms with Crippen molar-refractivity contribution < 1.29 is 28.5 Å². The fourth-order valence-corrected chi connectivity index (χ4v) is 5.33. The summed E-state index contributed by atoms with van der Waals surface area (Å²) < 4.78 is 33.1. The first-order valence-corrected chi connectivity index (χ1v) is 13.2. The summed E-state index contributed by atoms with van der Waals surface area (Å²) in [6, 6.07) is 31.2. The first-order valence-electron chi connectivity index (χ1n) is 13.2. The van der Waals surface area contributed by atoms with Crippen molar-refractivity contribution in [3.63, 3.8) is 0 Å². The van der Waals surface area contributed by atoms with E-state index in [0.29, 0.717) is 29.2 Å². The summed E-state index contributed by atoms with van der Waals surface area (Å²) in [5, 5.41) is 9.31. The van der Waals surface area contributed by atoms with Crippen LogP contribution in [-0.4, -0.2) is 17.7 Å². The summed E-state index contributed by atoms with van der Waals surface area (Å²) in [7, 11) is 0. The van der Waals surface area contributed by atoms with Crippen LogP contribution in [0.3, 0.4) is 0 Å². The highest BCUT2D eigenvalue weighted by Gasteiger charge is 2.42. The molecule has 1 aliphatic rings. The Balaban J connectivity index is 1.59. The van der Waals surface area contributed by atoms with Gasteiger partial charge in [0.05, 0.1) is 12.2 Å². The van der Waals surface area contributed by atoms with Gasteiger partial charge in [-0.25, -0.2) is 9.18 Å². The second-order valence-electron chi connectivity index (χ2n) is 10.0. The van der Waals surface area contributed by atoms with Crippen molar-refractivity contribution in [1.29, 1.82) is 0 Å². The lowest BCUT2D eigenvalue weighted by molar-refractivity contribution is -0.139. The highest BCUT2D eigenvalue weighted by atomic mass is 19.1. The number of halogens is 1. The largest absolute Gasteiger partial charge is 0.482 e. The van der Waals surface area contributed by atoms with Gasteiger partial charge in [-0.1, -0.05) is 72.8 Å². The molecule has 1 N–H and O–H groups in total. The van der Waals surface area contributed by atoms with Crippen LogP contribution in [-0.2, 0) is 9.53 Å². The molecule has 5 nitrogen and oxygen atoms in total. The monoisotopic (exact) mass is 538 g/mol. The van der Waals surface area contributed by atoms with E-state index in [1.807, 2.05) is 67.6 Å². The predicted octanol–water partition coefficient (Wildman–Crippen LogP) is 8.26. The Morgan fingerprint density at radius 2 is 1.60 bits per heavy atom. The third-order valence-electron chi connectivity index (χ3n) is 7.19. The molecule has 0 aromatic heterocycles. The van der Waals surface area contributed by atoms with Gasteiger partial charge in [-0.3, -0.25) is 0 Å². The fraction of sp³-hybridized carbons (Fsp3) is 0.206. The van der Waals surface area contributed by atoms with E-state index in [0.717, 1.165) is 16.7 Å². The molecule has 1 aliphatic heterocycles. The summed E-state index contributed by atoms with van der Waals surface area (Å²) >= 11 is 0. The Bertz CT molecular complexity index is 1470. The van der Waals surface area contributed by atoms with Gasteiger partial charge >= 0.3 is 5.97 Å². The molecule has 1 heterocycles. The standard InChI is InChI=1S/C34H31FO5/c1-22(2)28-20-29(23-10-5-3-6-11-23)33(24-12-9-13-25(35)18-24)40-34(28)30-19-27(39-26-14-7-4-8-15-26)16-17-31(30)38-21-32(36)37/h3-19,28-29,33-34H,1,20-21H2,2H3,(H,36,37)/t28-,29-,33+,34+/m1/s1. The number of aliphatic carboxylic acids is 1. The number of benzene rings is 4. The van der Waals surface area contributed by atoms with Crippen LogP contribution in [0.15, 0.2) is 115 Å². The molecule has 0 bridgehead atoms. The van der Waals surface area contributed by atoms with Crippen molar-refractivity contribution in [2.45, 2.75) is 31.5 Å². The number of ether oxygens (including phenoxy) is 3. The van der Waals surface area contributed by atoms with Gasteiger partial charge in [-0.05, 0) is 66.9 Å². The topological polar surface area (TPSA) is 65.0 Å². The third kappa shape index (κ3) is 6.24. The molecule has 0 unspecified atom stereocenters. The summed E-state index contributed by atoms with van der Waals surface area (Å²) in [5.41, 5.74) is 3.38. The molecule has 0 saturated carbocycles. The number of hydrogen-bond donors (Lipinski definition) is 1. The van der Waals surface area contributed by atoms with Crippen LogP contribution in [0.4, 0.5) is 4.39 Å². The summed E-state index contributed by atoms with van der Waals surface area (Å²) in [5.74, 6) is -0.0121. The molecule has 4 aromatic rings. The van der Waals surface area contributed by atoms with E-state index in [4.69, 9.17) is 14.2 Å². The number of carbonyl (C=O) groups is 1. The maximum absolute atomic E-state index is 14.4. The Kier molecular flexibility index (Phi) is 8.27. The summed E-state index contributed by atoms with van der Waals surface area (Å²) in [6.07, 6.45) is -0.327. The SMILES string of the molecule is C=C(C)[C@H]1C[C@H](c2ccccc2)[C@H](c2cccc(F)c2)O[C@@H]1c1cc(Oc2ccccc2)ccc1OCC(=O)O. The average molecular weight is 539 g/mol. The number of carboxylic acids is 1. The van der Waals surface area contributed by atoms with E-state index < -0.39 is 24.8 Å². The van der Waals surface area contributed by atoms with Gasteiger partial charge in [0.25, 0.3) is 0 Å². The first-order chi connectivity index (χ1) is 19.4. The minimum absolute atomic E-state index is 0.0620. The van der Waals surface area contributed by atoms with Crippen LogP contribution in [0.25, 0.3) is 0 Å². The maximum atomic E-state index is 14.4. The van der Waals surface area contributed by atoms with E-state index in [2.05, 4.69) is 18.7 Å². The van der Waals surface area contributed by atoms with Gasteiger partial charge in [0, 0.05) is 17.4 Å². The minimum Gasteiger partial charge on any atom is -0.482 e. The van der Waals surface area contributed by atoms with E-state index in [1.165, 1.54) is 12.1 Å². The number of para-hydroxylation sites is 1. The van der Waals surface area contributed by atoms with Crippen LogP contribution < -0.4 is 9.47 Å². The molecule has 204 valence electrons. The van der Waals surface area contributed by atoms with Gasteiger partial charge in [0.2, 0.25) is 0 Å². The van der Waals surface area contributed by atoms with Crippen molar-refractivity contribution in [2.75, 3.05) is 6.61 Å². The molecule has 0 aliphatic carbocycles. The quantitative estimate of drug-likeness (QED) is 0.217. The van der Waals surface area contributed by atoms with Crippen LogP contribution >= 0.6 is 0 Å².